The van der Waals surface area contributed by atoms with Gasteiger partial charge in [-0.1, -0.05) is 0 Å². The van der Waals surface area contributed by atoms with Gasteiger partial charge in [0.25, 0.3) is 0 Å². The van der Waals surface area contributed by atoms with Gasteiger partial charge in [-0.05, 0) is 20.8 Å². The largest absolute Gasteiger partial charge is 0.466 e. The van der Waals surface area contributed by atoms with Gasteiger partial charge in [-0.3, -0.25) is 24.0 Å². The summed E-state index contributed by atoms with van der Waals surface area (Å²) in [4.78, 5) is 60.5. The number of carbonyl (C=O) groups excluding carboxylic acids is 5. The molecule has 0 radical (unpaired) electrons. The molecule has 0 aromatic heterocycles. The summed E-state index contributed by atoms with van der Waals surface area (Å²) < 4.78 is 14.3. The Bertz CT molecular complexity index is 489. The predicted octanol–water partition coefficient (Wildman–Crippen LogP) is -0.180. The average molecular weight is 314 g/mol. The van der Waals surface area contributed by atoms with E-state index in [4.69, 9.17) is 14.2 Å². The van der Waals surface area contributed by atoms with Crippen molar-refractivity contribution < 1.29 is 38.2 Å². The van der Waals surface area contributed by atoms with Gasteiger partial charge in [0, 0.05) is 6.42 Å². The number of ether oxygens (including phenoxy) is 3. The molecule has 0 bridgehead atoms. The summed E-state index contributed by atoms with van der Waals surface area (Å²) in [5.41, 5.74) is -2.60. The molecule has 8 nitrogen and oxygen atoms in total. The van der Waals surface area contributed by atoms with E-state index in [0.29, 0.717) is 0 Å². The second-order valence-corrected chi connectivity index (χ2v) is 4.51. The van der Waals surface area contributed by atoms with Crippen molar-refractivity contribution in [3.63, 3.8) is 0 Å². The lowest BCUT2D eigenvalue weighted by atomic mass is 9.76. The van der Waals surface area contributed by atoms with E-state index in [1.54, 1.807) is 0 Å². The molecule has 0 N–H and O–H groups in total. The maximum Gasteiger partial charge on any atom is 0.332 e. The molecule has 1 aliphatic carbocycles. The standard InChI is InChI=1S/C14H18O8/c1-4-20-11(17)8-7-9(15)10(16)14(8,12(18)21-5-2)13(19)22-6-3/h8H,4-7H2,1-3H3. The molecule has 1 aliphatic rings. The van der Waals surface area contributed by atoms with E-state index in [-0.39, 0.29) is 19.8 Å². The smallest absolute Gasteiger partial charge is 0.332 e. The first-order valence-electron chi connectivity index (χ1n) is 6.96. The number of ketones is 2. The Morgan fingerprint density at radius 3 is 1.82 bits per heavy atom. The number of Topliss-reactive ketones (excluding diaryl/α,β-unsaturated/α-hetero) is 2. The first-order valence-corrected chi connectivity index (χ1v) is 6.96. The summed E-state index contributed by atoms with van der Waals surface area (Å²) in [6.45, 7) is 4.18. The average Bonchev–Trinajstić information content (AvgIpc) is 2.73. The van der Waals surface area contributed by atoms with Crippen molar-refractivity contribution in [3.05, 3.63) is 0 Å². The molecule has 1 unspecified atom stereocenters. The predicted molar refractivity (Wildman–Crippen MR) is 70.5 cm³/mol. The Kier molecular flexibility index (Phi) is 5.78. The van der Waals surface area contributed by atoms with Crippen molar-refractivity contribution in [2.24, 2.45) is 11.3 Å². The third-order valence-corrected chi connectivity index (χ3v) is 3.29. The monoisotopic (exact) mass is 314 g/mol. The third-order valence-electron chi connectivity index (χ3n) is 3.29. The Morgan fingerprint density at radius 2 is 1.41 bits per heavy atom. The summed E-state index contributed by atoms with van der Waals surface area (Å²) >= 11 is 0. The summed E-state index contributed by atoms with van der Waals surface area (Å²) in [7, 11) is 0. The molecule has 22 heavy (non-hydrogen) atoms. The maximum absolute atomic E-state index is 12.3. The molecule has 0 heterocycles. The van der Waals surface area contributed by atoms with Crippen molar-refractivity contribution in [2.75, 3.05) is 19.8 Å². The van der Waals surface area contributed by atoms with Gasteiger partial charge in [-0.15, -0.1) is 0 Å². The molecule has 1 atom stereocenters. The van der Waals surface area contributed by atoms with Crippen molar-refractivity contribution in [1.29, 1.82) is 0 Å². The van der Waals surface area contributed by atoms with E-state index in [1.807, 2.05) is 0 Å². The quantitative estimate of drug-likeness (QED) is 0.287. The van der Waals surface area contributed by atoms with Gasteiger partial charge in [0.2, 0.25) is 17.0 Å². The molecule has 1 rings (SSSR count). The van der Waals surface area contributed by atoms with Crippen LogP contribution in [-0.2, 0) is 38.2 Å². The van der Waals surface area contributed by atoms with Crippen LogP contribution in [0.25, 0.3) is 0 Å². The van der Waals surface area contributed by atoms with Crippen molar-refractivity contribution in [3.8, 4) is 0 Å². The Labute approximate surface area is 127 Å². The first-order chi connectivity index (χ1) is 10.4. The Morgan fingerprint density at radius 1 is 0.955 bits per heavy atom. The van der Waals surface area contributed by atoms with Crippen molar-refractivity contribution >= 4 is 29.5 Å². The molecule has 122 valence electrons. The molecule has 1 fully saturated rings. The molecule has 0 spiro atoms. The highest BCUT2D eigenvalue weighted by atomic mass is 16.6. The van der Waals surface area contributed by atoms with Crippen molar-refractivity contribution in [2.45, 2.75) is 27.2 Å². The number of rotatable bonds is 6. The van der Waals surface area contributed by atoms with E-state index in [9.17, 15) is 24.0 Å². The summed E-state index contributed by atoms with van der Waals surface area (Å²) in [5, 5.41) is 0. The summed E-state index contributed by atoms with van der Waals surface area (Å²) in [6, 6.07) is 0. The van der Waals surface area contributed by atoms with Crippen LogP contribution in [0.1, 0.15) is 27.2 Å². The second-order valence-electron chi connectivity index (χ2n) is 4.51. The minimum absolute atomic E-state index is 0.0283. The number of hydrogen-bond acceptors (Lipinski definition) is 8. The molecule has 0 aliphatic heterocycles. The lowest BCUT2D eigenvalue weighted by Gasteiger charge is -2.27. The van der Waals surface area contributed by atoms with Crippen molar-refractivity contribution in [1.82, 2.24) is 0 Å². The second kappa shape index (κ2) is 7.15. The van der Waals surface area contributed by atoms with Crippen LogP contribution in [0.15, 0.2) is 0 Å². The van der Waals surface area contributed by atoms with E-state index in [0.717, 1.165) is 0 Å². The fourth-order valence-corrected chi connectivity index (χ4v) is 2.36. The van der Waals surface area contributed by atoms with Crippen LogP contribution in [0.4, 0.5) is 0 Å². The normalized spacial score (nSPS) is 19.7. The van der Waals surface area contributed by atoms with Gasteiger partial charge in [-0.2, -0.15) is 0 Å². The molecule has 0 aromatic rings. The van der Waals surface area contributed by atoms with Crippen LogP contribution in [0.3, 0.4) is 0 Å². The van der Waals surface area contributed by atoms with Gasteiger partial charge >= 0.3 is 17.9 Å². The highest BCUT2D eigenvalue weighted by molar-refractivity contribution is 6.51. The summed E-state index contributed by atoms with van der Waals surface area (Å²) in [6.07, 6.45) is -0.588. The molecular weight excluding hydrogens is 296 g/mol. The fraction of sp³-hybridized carbons (Fsp3) is 0.643. The summed E-state index contributed by atoms with van der Waals surface area (Å²) in [5.74, 6) is -7.36. The van der Waals surface area contributed by atoms with Crippen LogP contribution in [-0.4, -0.2) is 49.3 Å². The van der Waals surface area contributed by atoms with E-state index < -0.39 is 47.2 Å². The van der Waals surface area contributed by atoms with Crippen LogP contribution in [0.2, 0.25) is 0 Å². The van der Waals surface area contributed by atoms with Crippen LogP contribution in [0, 0.1) is 11.3 Å². The Hall–Kier alpha value is -2.25. The molecular formula is C14H18O8. The minimum atomic E-state index is -2.60. The zero-order chi connectivity index (χ0) is 16.9. The number of carbonyl (C=O) groups is 5. The van der Waals surface area contributed by atoms with Gasteiger partial charge in [0.05, 0.1) is 25.7 Å². The minimum Gasteiger partial charge on any atom is -0.466 e. The lowest BCUT2D eigenvalue weighted by Crippen LogP contribution is -2.52. The molecule has 0 amide bonds. The zero-order valence-electron chi connectivity index (χ0n) is 12.7. The van der Waals surface area contributed by atoms with E-state index >= 15 is 0 Å². The first kappa shape index (κ1) is 17.8. The highest BCUT2D eigenvalue weighted by Gasteiger charge is 2.70. The maximum atomic E-state index is 12.3. The number of esters is 3. The van der Waals surface area contributed by atoms with Crippen LogP contribution in [0.5, 0.6) is 0 Å². The van der Waals surface area contributed by atoms with E-state index in [2.05, 4.69) is 0 Å². The highest BCUT2D eigenvalue weighted by Crippen LogP contribution is 2.42. The lowest BCUT2D eigenvalue weighted by molar-refractivity contribution is -0.182. The van der Waals surface area contributed by atoms with Crippen LogP contribution >= 0.6 is 0 Å². The van der Waals surface area contributed by atoms with Gasteiger partial charge in [0.1, 0.15) is 0 Å². The Balaban J connectivity index is 3.42. The SMILES string of the molecule is CCOC(=O)C1CC(=O)C(=O)C1(C(=O)OCC)C(=O)OCC. The topological polar surface area (TPSA) is 113 Å². The van der Waals surface area contributed by atoms with E-state index in [1.165, 1.54) is 20.8 Å². The fourth-order valence-electron chi connectivity index (χ4n) is 2.36. The number of hydrogen-bond donors (Lipinski definition) is 0. The van der Waals surface area contributed by atoms with Crippen LogP contribution < -0.4 is 0 Å². The third kappa shape index (κ3) is 2.72. The molecule has 8 heteroatoms. The molecule has 0 aromatic carbocycles. The molecule has 0 saturated heterocycles. The van der Waals surface area contributed by atoms with Gasteiger partial charge in [0.15, 0.2) is 0 Å². The zero-order valence-corrected chi connectivity index (χ0v) is 12.7. The molecule has 1 saturated carbocycles. The van der Waals surface area contributed by atoms with Gasteiger partial charge in [-0.25, -0.2) is 0 Å². The van der Waals surface area contributed by atoms with Gasteiger partial charge < -0.3 is 14.2 Å².